The summed E-state index contributed by atoms with van der Waals surface area (Å²) in [5.74, 6) is 0.672. The molecule has 1 atom stereocenters. The van der Waals surface area contributed by atoms with Crippen LogP contribution in [0.5, 0.6) is 5.75 Å². The molecule has 1 rings (SSSR count). The van der Waals surface area contributed by atoms with Crippen LogP contribution >= 0.6 is 0 Å². The lowest BCUT2D eigenvalue weighted by Gasteiger charge is -2.15. The quantitative estimate of drug-likeness (QED) is 0.793. The number of rotatable bonds is 7. The van der Waals surface area contributed by atoms with Crippen LogP contribution in [0.25, 0.3) is 0 Å². The molecule has 0 aliphatic rings. The second-order valence-electron chi connectivity index (χ2n) is 4.55. The Balaban J connectivity index is 2.64. The van der Waals surface area contributed by atoms with Crippen LogP contribution in [0.2, 0.25) is 0 Å². The topological polar surface area (TPSA) is 50.4 Å². The van der Waals surface area contributed by atoms with Gasteiger partial charge >= 0.3 is 0 Å². The van der Waals surface area contributed by atoms with Crippen molar-refractivity contribution < 1.29 is 9.53 Å². The van der Waals surface area contributed by atoms with Crippen LogP contribution in [0.3, 0.4) is 0 Å². The Bertz CT molecular complexity index is 419. The van der Waals surface area contributed by atoms with E-state index in [9.17, 15) is 4.79 Å². The van der Waals surface area contributed by atoms with Crippen molar-refractivity contribution in [3.05, 3.63) is 29.3 Å². The van der Waals surface area contributed by atoms with Gasteiger partial charge < -0.3 is 15.4 Å². The lowest BCUT2D eigenvalue weighted by Crippen LogP contribution is -2.28. The highest BCUT2D eigenvalue weighted by Gasteiger charge is 2.08. The average molecular weight is 264 g/mol. The third kappa shape index (κ3) is 4.91. The summed E-state index contributed by atoms with van der Waals surface area (Å²) in [6.07, 6.45) is 0. The normalized spacial score (nSPS) is 12.0. The van der Waals surface area contributed by atoms with Gasteiger partial charge in [0, 0.05) is 12.6 Å². The monoisotopic (exact) mass is 264 g/mol. The minimum atomic E-state index is -0.0907. The van der Waals surface area contributed by atoms with Gasteiger partial charge in [-0.2, -0.15) is 0 Å². The minimum absolute atomic E-state index is 0.0663. The van der Waals surface area contributed by atoms with E-state index in [0.717, 1.165) is 17.9 Å². The number of hydrogen-bond donors (Lipinski definition) is 2. The number of benzene rings is 1. The summed E-state index contributed by atoms with van der Waals surface area (Å²) in [7, 11) is 0. The van der Waals surface area contributed by atoms with Crippen LogP contribution in [-0.2, 0) is 4.79 Å². The molecule has 1 unspecified atom stereocenters. The van der Waals surface area contributed by atoms with E-state index < -0.39 is 0 Å². The van der Waals surface area contributed by atoms with E-state index in [1.807, 2.05) is 26.0 Å². The summed E-state index contributed by atoms with van der Waals surface area (Å²) in [5, 5.41) is 6.08. The van der Waals surface area contributed by atoms with Crippen molar-refractivity contribution >= 4 is 5.91 Å². The molecule has 0 bridgehead atoms. The summed E-state index contributed by atoms with van der Waals surface area (Å²) in [6, 6.07) is 6.38. The van der Waals surface area contributed by atoms with Crippen molar-refractivity contribution in [1.82, 2.24) is 10.6 Å². The number of ether oxygens (including phenoxy) is 1. The van der Waals surface area contributed by atoms with Gasteiger partial charge in [0.05, 0.1) is 0 Å². The van der Waals surface area contributed by atoms with E-state index >= 15 is 0 Å². The molecule has 1 amide bonds. The summed E-state index contributed by atoms with van der Waals surface area (Å²) in [5.41, 5.74) is 2.27. The first-order valence-electron chi connectivity index (χ1n) is 6.81. The Morgan fingerprint density at radius 2 is 2.05 bits per heavy atom. The number of amides is 1. The Hall–Kier alpha value is -1.55. The van der Waals surface area contributed by atoms with Gasteiger partial charge in [-0.15, -0.1) is 0 Å². The summed E-state index contributed by atoms with van der Waals surface area (Å²) in [4.78, 5) is 11.3. The molecule has 0 saturated heterocycles. The zero-order valence-corrected chi connectivity index (χ0v) is 12.2. The SMILES string of the molecule is CCNC(=O)COc1ccc(C(C)NCC)cc1C. The third-order valence-electron chi connectivity index (χ3n) is 2.94. The molecule has 0 aliphatic carbocycles. The average Bonchev–Trinajstić information content (AvgIpc) is 2.38. The second-order valence-corrected chi connectivity index (χ2v) is 4.55. The molecular formula is C15H24N2O2. The van der Waals surface area contributed by atoms with Crippen LogP contribution in [-0.4, -0.2) is 25.6 Å². The van der Waals surface area contributed by atoms with Gasteiger partial charge in [-0.1, -0.05) is 19.1 Å². The van der Waals surface area contributed by atoms with Crippen LogP contribution < -0.4 is 15.4 Å². The standard InChI is InChI=1S/C15H24N2O2/c1-5-16-12(4)13-7-8-14(11(3)9-13)19-10-15(18)17-6-2/h7-9,12,16H,5-6,10H2,1-4H3,(H,17,18). The lowest BCUT2D eigenvalue weighted by atomic mass is 10.1. The van der Waals surface area contributed by atoms with Gasteiger partial charge in [0.25, 0.3) is 5.91 Å². The number of likely N-dealkylation sites (N-methyl/N-ethyl adjacent to an activating group) is 1. The van der Waals surface area contributed by atoms with E-state index in [2.05, 4.69) is 30.5 Å². The van der Waals surface area contributed by atoms with Gasteiger partial charge in [0.15, 0.2) is 6.61 Å². The van der Waals surface area contributed by atoms with Gasteiger partial charge in [0.2, 0.25) is 0 Å². The molecule has 2 N–H and O–H groups in total. The molecule has 0 fully saturated rings. The van der Waals surface area contributed by atoms with E-state index in [1.54, 1.807) is 0 Å². The maximum atomic E-state index is 11.3. The van der Waals surface area contributed by atoms with Crippen molar-refractivity contribution in [3.63, 3.8) is 0 Å². The van der Waals surface area contributed by atoms with Gasteiger partial charge in [-0.25, -0.2) is 0 Å². The van der Waals surface area contributed by atoms with Crippen LogP contribution in [0.4, 0.5) is 0 Å². The molecule has 0 radical (unpaired) electrons. The van der Waals surface area contributed by atoms with Gasteiger partial charge in [0.1, 0.15) is 5.75 Å². The molecule has 0 aromatic heterocycles. The molecular weight excluding hydrogens is 240 g/mol. The fourth-order valence-electron chi connectivity index (χ4n) is 1.92. The highest BCUT2D eigenvalue weighted by atomic mass is 16.5. The molecule has 106 valence electrons. The number of hydrogen-bond acceptors (Lipinski definition) is 3. The zero-order valence-electron chi connectivity index (χ0n) is 12.2. The molecule has 0 spiro atoms. The Morgan fingerprint density at radius 3 is 2.63 bits per heavy atom. The fourth-order valence-corrected chi connectivity index (χ4v) is 1.92. The first kappa shape index (κ1) is 15.5. The maximum absolute atomic E-state index is 11.3. The summed E-state index contributed by atoms with van der Waals surface area (Å²) in [6.45, 7) is 9.74. The molecule has 1 aromatic rings. The number of carbonyl (C=O) groups is 1. The van der Waals surface area contributed by atoms with E-state index in [1.165, 1.54) is 5.56 Å². The summed E-state index contributed by atoms with van der Waals surface area (Å²) >= 11 is 0. The fraction of sp³-hybridized carbons (Fsp3) is 0.533. The van der Waals surface area contributed by atoms with Crippen molar-refractivity contribution in [2.75, 3.05) is 19.7 Å². The van der Waals surface area contributed by atoms with E-state index in [0.29, 0.717) is 12.6 Å². The molecule has 0 saturated carbocycles. The van der Waals surface area contributed by atoms with Gasteiger partial charge in [-0.05, 0) is 44.5 Å². The Morgan fingerprint density at radius 1 is 1.32 bits per heavy atom. The smallest absolute Gasteiger partial charge is 0.257 e. The number of aryl methyl sites for hydroxylation is 1. The van der Waals surface area contributed by atoms with Gasteiger partial charge in [-0.3, -0.25) is 4.79 Å². The molecule has 0 aliphatic heterocycles. The summed E-state index contributed by atoms with van der Waals surface area (Å²) < 4.78 is 5.51. The Kier molecular flexibility index (Phi) is 6.36. The van der Waals surface area contributed by atoms with Crippen LogP contribution in [0, 0.1) is 6.92 Å². The predicted octanol–water partition coefficient (Wildman–Crippen LogP) is 2.18. The second kappa shape index (κ2) is 7.79. The van der Waals surface area contributed by atoms with Crippen molar-refractivity contribution in [2.24, 2.45) is 0 Å². The van der Waals surface area contributed by atoms with E-state index in [4.69, 9.17) is 4.74 Å². The van der Waals surface area contributed by atoms with Crippen molar-refractivity contribution in [1.29, 1.82) is 0 Å². The highest BCUT2D eigenvalue weighted by Crippen LogP contribution is 2.22. The molecule has 19 heavy (non-hydrogen) atoms. The minimum Gasteiger partial charge on any atom is -0.484 e. The van der Waals surface area contributed by atoms with E-state index in [-0.39, 0.29) is 12.5 Å². The lowest BCUT2D eigenvalue weighted by molar-refractivity contribution is -0.122. The van der Waals surface area contributed by atoms with Crippen LogP contribution in [0.1, 0.15) is 37.9 Å². The highest BCUT2D eigenvalue weighted by molar-refractivity contribution is 5.77. The number of carbonyl (C=O) groups excluding carboxylic acids is 1. The molecule has 1 aromatic carbocycles. The maximum Gasteiger partial charge on any atom is 0.257 e. The third-order valence-corrected chi connectivity index (χ3v) is 2.94. The Labute approximate surface area is 115 Å². The van der Waals surface area contributed by atoms with Crippen LogP contribution in [0.15, 0.2) is 18.2 Å². The first-order chi connectivity index (χ1) is 9.08. The zero-order chi connectivity index (χ0) is 14.3. The molecule has 4 heteroatoms. The first-order valence-corrected chi connectivity index (χ1v) is 6.81. The molecule has 4 nitrogen and oxygen atoms in total. The molecule has 0 heterocycles. The van der Waals surface area contributed by atoms with Crippen molar-refractivity contribution in [3.8, 4) is 5.75 Å². The van der Waals surface area contributed by atoms with Crippen molar-refractivity contribution in [2.45, 2.75) is 33.7 Å². The predicted molar refractivity (Wildman–Crippen MR) is 77.4 cm³/mol. The largest absolute Gasteiger partial charge is 0.484 e. The number of nitrogens with one attached hydrogen (secondary N) is 2.